The number of methoxy groups -OCH3 is 1. The number of aliphatic hydroxyl groups is 1. The molecule has 1 heterocycles. The van der Waals surface area contributed by atoms with Gasteiger partial charge in [-0.25, -0.2) is 0 Å². The van der Waals surface area contributed by atoms with Crippen LogP contribution in [0.4, 0.5) is 0 Å². The summed E-state index contributed by atoms with van der Waals surface area (Å²) in [4.78, 5) is 14.5. The molecule has 1 fully saturated rings. The molecule has 0 atom stereocenters. The number of ether oxygens (including phenoxy) is 1. The molecule has 1 N–H and O–H groups in total. The molecule has 1 aromatic rings. The highest BCUT2D eigenvalue weighted by Crippen LogP contribution is 2.34. The Morgan fingerprint density at radius 2 is 2.10 bits per heavy atom. The van der Waals surface area contributed by atoms with Crippen molar-refractivity contribution in [3.63, 3.8) is 0 Å². The second-order valence-electron chi connectivity index (χ2n) is 5.94. The van der Waals surface area contributed by atoms with Crippen molar-refractivity contribution in [3.05, 3.63) is 35.4 Å². The standard InChI is InChI=1S/C17H25NO3/c1-3-17(13-19)7-9-18(10-8-17)16(20)15-6-4-5-14(11-15)12-21-2/h4-6,11,19H,3,7-10,12-13H2,1-2H3. The lowest BCUT2D eigenvalue weighted by Gasteiger charge is -2.40. The van der Waals surface area contributed by atoms with Crippen molar-refractivity contribution in [2.75, 3.05) is 26.8 Å². The summed E-state index contributed by atoms with van der Waals surface area (Å²) < 4.78 is 5.11. The average Bonchev–Trinajstić information content (AvgIpc) is 2.55. The maximum Gasteiger partial charge on any atom is 0.253 e. The number of hydrogen-bond acceptors (Lipinski definition) is 3. The summed E-state index contributed by atoms with van der Waals surface area (Å²) in [5, 5.41) is 9.56. The van der Waals surface area contributed by atoms with E-state index in [1.165, 1.54) is 0 Å². The summed E-state index contributed by atoms with van der Waals surface area (Å²) in [6, 6.07) is 7.62. The van der Waals surface area contributed by atoms with Gasteiger partial charge in [0.15, 0.2) is 0 Å². The van der Waals surface area contributed by atoms with Crippen LogP contribution in [-0.2, 0) is 11.3 Å². The van der Waals surface area contributed by atoms with Gasteiger partial charge in [0.1, 0.15) is 0 Å². The van der Waals surface area contributed by atoms with Crippen molar-refractivity contribution >= 4 is 5.91 Å². The van der Waals surface area contributed by atoms with Crippen LogP contribution in [0, 0.1) is 5.41 Å². The fourth-order valence-corrected chi connectivity index (χ4v) is 2.95. The Labute approximate surface area is 126 Å². The number of carbonyl (C=O) groups is 1. The van der Waals surface area contributed by atoms with Crippen molar-refractivity contribution in [2.45, 2.75) is 32.8 Å². The average molecular weight is 291 g/mol. The van der Waals surface area contributed by atoms with Gasteiger partial charge in [-0.2, -0.15) is 0 Å². The first-order valence-corrected chi connectivity index (χ1v) is 7.62. The Morgan fingerprint density at radius 3 is 2.67 bits per heavy atom. The van der Waals surface area contributed by atoms with Crippen LogP contribution in [0.15, 0.2) is 24.3 Å². The van der Waals surface area contributed by atoms with Crippen molar-refractivity contribution < 1.29 is 14.6 Å². The fraction of sp³-hybridized carbons (Fsp3) is 0.588. The van der Waals surface area contributed by atoms with E-state index >= 15 is 0 Å². The second kappa shape index (κ2) is 7.05. The van der Waals surface area contributed by atoms with Crippen LogP contribution < -0.4 is 0 Å². The number of aliphatic hydroxyl groups excluding tert-OH is 1. The van der Waals surface area contributed by atoms with Gasteiger partial charge in [-0.15, -0.1) is 0 Å². The van der Waals surface area contributed by atoms with Gasteiger partial charge in [0.25, 0.3) is 5.91 Å². The molecule has 0 spiro atoms. The van der Waals surface area contributed by atoms with E-state index in [-0.39, 0.29) is 17.9 Å². The molecule has 4 nitrogen and oxygen atoms in total. The zero-order chi connectivity index (χ0) is 15.3. The molecule has 0 bridgehead atoms. The summed E-state index contributed by atoms with van der Waals surface area (Å²) in [7, 11) is 1.65. The molecule has 1 aliphatic heterocycles. The van der Waals surface area contributed by atoms with E-state index in [1.807, 2.05) is 29.2 Å². The zero-order valence-corrected chi connectivity index (χ0v) is 13.0. The van der Waals surface area contributed by atoms with E-state index in [0.717, 1.165) is 43.5 Å². The predicted octanol–water partition coefficient (Wildman–Crippen LogP) is 2.46. The number of piperidine rings is 1. The first-order chi connectivity index (χ1) is 10.1. The molecular weight excluding hydrogens is 266 g/mol. The maximum atomic E-state index is 12.6. The van der Waals surface area contributed by atoms with Crippen LogP contribution in [0.3, 0.4) is 0 Å². The fourth-order valence-electron chi connectivity index (χ4n) is 2.95. The highest BCUT2D eigenvalue weighted by atomic mass is 16.5. The normalized spacial score (nSPS) is 17.8. The van der Waals surface area contributed by atoms with E-state index in [4.69, 9.17) is 4.74 Å². The smallest absolute Gasteiger partial charge is 0.253 e. The third kappa shape index (κ3) is 3.63. The SMILES string of the molecule is CCC1(CO)CCN(C(=O)c2cccc(COC)c2)CC1. The third-order valence-corrected chi connectivity index (χ3v) is 4.68. The highest BCUT2D eigenvalue weighted by molar-refractivity contribution is 5.94. The summed E-state index contributed by atoms with van der Waals surface area (Å²) in [5.41, 5.74) is 1.74. The molecule has 21 heavy (non-hydrogen) atoms. The van der Waals surface area contributed by atoms with Gasteiger partial charge in [-0.05, 0) is 42.4 Å². The molecule has 0 aliphatic carbocycles. The molecule has 116 valence electrons. The van der Waals surface area contributed by atoms with E-state index in [2.05, 4.69) is 6.92 Å². The van der Waals surface area contributed by atoms with Crippen LogP contribution in [0.1, 0.15) is 42.1 Å². The minimum atomic E-state index is 0.00861. The molecule has 0 aromatic heterocycles. The van der Waals surface area contributed by atoms with Gasteiger partial charge in [0.2, 0.25) is 0 Å². The summed E-state index contributed by atoms with van der Waals surface area (Å²) >= 11 is 0. The number of nitrogens with zero attached hydrogens (tertiary/aromatic N) is 1. The molecule has 2 rings (SSSR count). The first-order valence-electron chi connectivity index (χ1n) is 7.62. The van der Waals surface area contributed by atoms with Gasteiger partial charge in [0.05, 0.1) is 6.61 Å². The lowest BCUT2D eigenvalue weighted by atomic mass is 9.77. The third-order valence-electron chi connectivity index (χ3n) is 4.68. The van der Waals surface area contributed by atoms with Crippen LogP contribution in [0.2, 0.25) is 0 Å². The molecule has 0 unspecified atom stereocenters. The van der Waals surface area contributed by atoms with Crippen molar-refractivity contribution in [1.82, 2.24) is 4.90 Å². The first kappa shape index (κ1) is 16.0. The maximum absolute atomic E-state index is 12.6. The molecular formula is C17H25NO3. The van der Waals surface area contributed by atoms with Crippen LogP contribution in [0.25, 0.3) is 0 Å². The van der Waals surface area contributed by atoms with Gasteiger partial charge in [-0.3, -0.25) is 4.79 Å². The number of hydrogen-bond donors (Lipinski definition) is 1. The van der Waals surface area contributed by atoms with Gasteiger partial charge < -0.3 is 14.7 Å². The van der Waals surface area contributed by atoms with Gasteiger partial charge in [-0.1, -0.05) is 19.1 Å². The van der Waals surface area contributed by atoms with Crippen molar-refractivity contribution in [1.29, 1.82) is 0 Å². The molecule has 1 amide bonds. The summed E-state index contributed by atoms with van der Waals surface area (Å²) in [6.07, 6.45) is 2.72. The Balaban J connectivity index is 2.03. The lowest BCUT2D eigenvalue weighted by Crippen LogP contribution is -2.44. The van der Waals surface area contributed by atoms with E-state index in [0.29, 0.717) is 6.61 Å². The summed E-state index contributed by atoms with van der Waals surface area (Å²) in [5.74, 6) is 0.0793. The number of benzene rings is 1. The minimum Gasteiger partial charge on any atom is -0.396 e. The van der Waals surface area contributed by atoms with Gasteiger partial charge >= 0.3 is 0 Å². The molecule has 1 aliphatic rings. The van der Waals surface area contributed by atoms with E-state index < -0.39 is 0 Å². The Hall–Kier alpha value is -1.39. The number of carbonyl (C=O) groups excluding carboxylic acids is 1. The molecule has 4 heteroatoms. The Kier molecular flexibility index (Phi) is 5.37. The molecule has 0 saturated carbocycles. The summed E-state index contributed by atoms with van der Waals surface area (Å²) in [6.45, 7) is 4.30. The molecule has 1 saturated heterocycles. The zero-order valence-electron chi connectivity index (χ0n) is 13.0. The number of likely N-dealkylation sites (tertiary alicyclic amines) is 1. The largest absolute Gasteiger partial charge is 0.396 e. The van der Waals surface area contributed by atoms with Crippen LogP contribution in [0.5, 0.6) is 0 Å². The second-order valence-corrected chi connectivity index (χ2v) is 5.94. The number of rotatable bonds is 5. The predicted molar refractivity (Wildman–Crippen MR) is 82.1 cm³/mol. The Bertz CT molecular complexity index is 473. The highest BCUT2D eigenvalue weighted by Gasteiger charge is 2.34. The minimum absolute atomic E-state index is 0.00861. The lowest BCUT2D eigenvalue weighted by molar-refractivity contribution is 0.0338. The number of amides is 1. The van der Waals surface area contributed by atoms with Gasteiger partial charge in [0, 0.05) is 32.4 Å². The van der Waals surface area contributed by atoms with Crippen molar-refractivity contribution in [2.24, 2.45) is 5.41 Å². The van der Waals surface area contributed by atoms with Crippen molar-refractivity contribution in [3.8, 4) is 0 Å². The van der Waals surface area contributed by atoms with Crippen LogP contribution >= 0.6 is 0 Å². The topological polar surface area (TPSA) is 49.8 Å². The van der Waals surface area contributed by atoms with E-state index in [9.17, 15) is 9.90 Å². The van der Waals surface area contributed by atoms with E-state index in [1.54, 1.807) is 7.11 Å². The molecule has 0 radical (unpaired) electrons. The quantitative estimate of drug-likeness (QED) is 0.906. The molecule has 1 aromatic carbocycles. The monoisotopic (exact) mass is 291 g/mol. The van der Waals surface area contributed by atoms with Crippen LogP contribution in [-0.4, -0.2) is 42.7 Å². The Morgan fingerprint density at radius 1 is 1.38 bits per heavy atom.